The van der Waals surface area contributed by atoms with Crippen LogP contribution in [0, 0.1) is 0 Å². The number of aromatic hydroxyl groups is 1. The first-order valence-corrected chi connectivity index (χ1v) is 4.84. The number of halogens is 1. The molecule has 0 aromatic heterocycles. The summed E-state index contributed by atoms with van der Waals surface area (Å²) in [5.41, 5.74) is 7.43. The molecule has 0 aliphatic heterocycles. The maximum Gasteiger partial charge on any atom is 0.119 e. The summed E-state index contributed by atoms with van der Waals surface area (Å²) >= 11 is 6.00. The summed E-state index contributed by atoms with van der Waals surface area (Å²) in [5, 5.41) is 9.83. The van der Waals surface area contributed by atoms with Crippen LogP contribution in [-0.4, -0.2) is 5.11 Å². The molecule has 2 nitrogen and oxygen atoms in total. The van der Waals surface area contributed by atoms with Crippen LogP contribution in [-0.2, 0) is 0 Å². The van der Waals surface area contributed by atoms with Crippen LogP contribution in [0.25, 0.3) is 0 Å². The van der Waals surface area contributed by atoms with Gasteiger partial charge in [0.05, 0.1) is 0 Å². The van der Waals surface area contributed by atoms with E-state index >= 15 is 0 Å². The number of anilines is 1. The second-order valence-corrected chi connectivity index (χ2v) is 3.97. The molecule has 1 aromatic carbocycles. The summed E-state index contributed by atoms with van der Waals surface area (Å²) in [6.45, 7) is 0. The second kappa shape index (κ2) is 3.11. The summed E-state index contributed by atoms with van der Waals surface area (Å²) in [6.07, 6.45) is 3.57. The Balaban J connectivity index is 2.43. The van der Waals surface area contributed by atoms with Gasteiger partial charge in [0.25, 0.3) is 0 Å². The molecule has 3 N–H and O–H groups in total. The minimum Gasteiger partial charge on any atom is -0.508 e. The molecular formula is C10H12ClNO. The number of rotatable bonds is 1. The van der Waals surface area contributed by atoms with Crippen molar-refractivity contribution in [3.05, 3.63) is 22.7 Å². The van der Waals surface area contributed by atoms with Gasteiger partial charge in [-0.05, 0) is 30.4 Å². The topological polar surface area (TPSA) is 46.2 Å². The third-order valence-corrected chi connectivity index (χ3v) is 2.97. The fourth-order valence-electron chi connectivity index (χ4n) is 1.75. The smallest absolute Gasteiger partial charge is 0.119 e. The van der Waals surface area contributed by atoms with Crippen LogP contribution in [0.4, 0.5) is 5.69 Å². The van der Waals surface area contributed by atoms with E-state index in [1.165, 1.54) is 6.42 Å². The molecule has 0 bridgehead atoms. The van der Waals surface area contributed by atoms with E-state index in [4.69, 9.17) is 17.3 Å². The Morgan fingerprint density at radius 3 is 2.54 bits per heavy atom. The Morgan fingerprint density at radius 2 is 2.08 bits per heavy atom. The van der Waals surface area contributed by atoms with Gasteiger partial charge in [-0.2, -0.15) is 0 Å². The minimum absolute atomic E-state index is 0.144. The third kappa shape index (κ3) is 1.46. The molecule has 1 aliphatic carbocycles. The molecule has 1 aliphatic rings. The van der Waals surface area contributed by atoms with Gasteiger partial charge in [0.2, 0.25) is 0 Å². The number of phenols is 1. The van der Waals surface area contributed by atoms with E-state index in [9.17, 15) is 5.11 Å². The van der Waals surface area contributed by atoms with Crippen LogP contribution in [0.2, 0.25) is 5.02 Å². The first-order chi connectivity index (χ1) is 6.18. The molecule has 0 unspecified atom stereocenters. The maximum absolute atomic E-state index is 9.23. The van der Waals surface area contributed by atoms with E-state index in [1.54, 1.807) is 12.1 Å². The lowest BCUT2D eigenvalue weighted by Gasteiger charge is -2.27. The van der Waals surface area contributed by atoms with Gasteiger partial charge < -0.3 is 10.8 Å². The summed E-state index contributed by atoms with van der Waals surface area (Å²) in [6, 6.07) is 3.13. The van der Waals surface area contributed by atoms with Gasteiger partial charge in [-0.1, -0.05) is 18.0 Å². The lowest BCUT2D eigenvalue weighted by Crippen LogP contribution is -2.11. The average molecular weight is 198 g/mol. The van der Waals surface area contributed by atoms with Crippen molar-refractivity contribution in [2.24, 2.45) is 0 Å². The normalized spacial score (nSPS) is 17.0. The summed E-state index contributed by atoms with van der Waals surface area (Å²) in [7, 11) is 0. The Hall–Kier alpha value is -0.890. The van der Waals surface area contributed by atoms with E-state index in [1.807, 2.05) is 0 Å². The molecule has 0 heterocycles. The van der Waals surface area contributed by atoms with Crippen molar-refractivity contribution < 1.29 is 5.11 Å². The number of hydrogen-bond acceptors (Lipinski definition) is 2. The number of nitrogens with two attached hydrogens (primary N) is 1. The SMILES string of the molecule is Nc1cc(O)cc(Cl)c1C1CCC1. The van der Waals surface area contributed by atoms with Crippen molar-refractivity contribution in [1.29, 1.82) is 0 Å². The number of nitrogen functional groups attached to an aromatic ring is 1. The molecule has 0 saturated heterocycles. The Morgan fingerprint density at radius 1 is 1.38 bits per heavy atom. The van der Waals surface area contributed by atoms with E-state index in [2.05, 4.69) is 0 Å². The molecule has 3 heteroatoms. The Bertz CT molecular complexity index is 311. The fraction of sp³-hybridized carbons (Fsp3) is 0.400. The first-order valence-electron chi connectivity index (χ1n) is 4.46. The van der Waals surface area contributed by atoms with Crippen LogP contribution in [0.3, 0.4) is 0 Å². The quantitative estimate of drug-likeness (QED) is 0.680. The molecule has 1 aromatic rings. The van der Waals surface area contributed by atoms with Crippen LogP contribution >= 0.6 is 11.6 Å². The van der Waals surface area contributed by atoms with Crippen molar-refractivity contribution in [2.45, 2.75) is 25.2 Å². The molecule has 0 spiro atoms. The zero-order chi connectivity index (χ0) is 9.42. The zero-order valence-corrected chi connectivity index (χ0v) is 8.01. The minimum atomic E-state index is 0.144. The van der Waals surface area contributed by atoms with E-state index < -0.39 is 0 Å². The van der Waals surface area contributed by atoms with Gasteiger partial charge in [0.15, 0.2) is 0 Å². The van der Waals surface area contributed by atoms with E-state index in [0.717, 1.165) is 18.4 Å². The highest BCUT2D eigenvalue weighted by Gasteiger charge is 2.24. The van der Waals surface area contributed by atoms with Crippen molar-refractivity contribution >= 4 is 17.3 Å². The lowest BCUT2D eigenvalue weighted by molar-refractivity contribution is 0.420. The second-order valence-electron chi connectivity index (χ2n) is 3.56. The van der Waals surface area contributed by atoms with Crippen molar-refractivity contribution in [2.75, 3.05) is 5.73 Å². The van der Waals surface area contributed by atoms with Crippen LogP contribution in [0.15, 0.2) is 12.1 Å². The Kier molecular flexibility index (Phi) is 2.08. The fourth-order valence-corrected chi connectivity index (χ4v) is 2.13. The third-order valence-electron chi connectivity index (χ3n) is 2.66. The van der Waals surface area contributed by atoms with Gasteiger partial charge in [0.1, 0.15) is 5.75 Å². The van der Waals surface area contributed by atoms with E-state index in [0.29, 0.717) is 16.6 Å². The molecule has 13 heavy (non-hydrogen) atoms. The first kappa shape index (κ1) is 8.70. The highest BCUT2D eigenvalue weighted by Crippen LogP contribution is 2.43. The van der Waals surface area contributed by atoms with Crippen LogP contribution < -0.4 is 5.73 Å². The molecular weight excluding hydrogens is 186 g/mol. The lowest BCUT2D eigenvalue weighted by atomic mass is 9.79. The van der Waals surface area contributed by atoms with Gasteiger partial charge in [-0.25, -0.2) is 0 Å². The Labute approximate surface area is 82.3 Å². The molecule has 2 rings (SSSR count). The van der Waals surface area contributed by atoms with Gasteiger partial charge in [-0.15, -0.1) is 0 Å². The number of phenolic OH excluding ortho intramolecular Hbond substituents is 1. The average Bonchev–Trinajstić information content (AvgIpc) is 1.92. The molecule has 0 amide bonds. The standard InChI is InChI=1S/C10H12ClNO/c11-8-4-7(13)5-9(12)10(8)6-2-1-3-6/h4-6,13H,1-3,12H2. The molecule has 0 atom stereocenters. The summed E-state index contributed by atoms with van der Waals surface area (Å²) in [4.78, 5) is 0. The number of hydrogen-bond donors (Lipinski definition) is 2. The van der Waals surface area contributed by atoms with Gasteiger partial charge >= 0.3 is 0 Å². The van der Waals surface area contributed by atoms with Crippen molar-refractivity contribution in [1.82, 2.24) is 0 Å². The van der Waals surface area contributed by atoms with E-state index in [-0.39, 0.29) is 5.75 Å². The van der Waals surface area contributed by atoms with Crippen molar-refractivity contribution in [3.8, 4) is 5.75 Å². The largest absolute Gasteiger partial charge is 0.508 e. The van der Waals surface area contributed by atoms with Crippen molar-refractivity contribution in [3.63, 3.8) is 0 Å². The predicted molar refractivity (Wildman–Crippen MR) is 54.1 cm³/mol. The zero-order valence-electron chi connectivity index (χ0n) is 7.26. The monoisotopic (exact) mass is 197 g/mol. The molecule has 0 radical (unpaired) electrons. The van der Waals surface area contributed by atoms with Gasteiger partial charge in [0, 0.05) is 16.8 Å². The highest BCUT2D eigenvalue weighted by molar-refractivity contribution is 6.32. The highest BCUT2D eigenvalue weighted by atomic mass is 35.5. The van der Waals surface area contributed by atoms with Gasteiger partial charge in [-0.3, -0.25) is 0 Å². The molecule has 1 fully saturated rings. The van der Waals surface area contributed by atoms with Crippen LogP contribution in [0.1, 0.15) is 30.7 Å². The summed E-state index contributed by atoms with van der Waals surface area (Å²) in [5.74, 6) is 0.652. The predicted octanol–water partition coefficient (Wildman–Crippen LogP) is 2.90. The maximum atomic E-state index is 9.23. The van der Waals surface area contributed by atoms with Crippen LogP contribution in [0.5, 0.6) is 5.75 Å². The summed E-state index contributed by atoms with van der Waals surface area (Å²) < 4.78 is 0. The molecule has 70 valence electrons. The number of benzene rings is 1. The molecule has 1 saturated carbocycles.